The molecule has 1 heterocycles. The normalized spacial score (nSPS) is 14.4. The Bertz CT molecular complexity index is 506. The number of anilines is 1. The van der Waals surface area contributed by atoms with Crippen LogP contribution >= 0.6 is 0 Å². The molecular weight excluding hydrogens is 218 g/mol. The zero-order chi connectivity index (χ0) is 12.7. The van der Waals surface area contributed by atoms with Gasteiger partial charge in [0.2, 0.25) is 5.91 Å². The van der Waals surface area contributed by atoms with Crippen molar-refractivity contribution in [1.82, 2.24) is 0 Å². The number of fused-ring (bicyclic) bond motifs is 1. The van der Waals surface area contributed by atoms with E-state index in [1.807, 2.05) is 26.8 Å². The van der Waals surface area contributed by atoms with Gasteiger partial charge in [0.15, 0.2) is 0 Å². The number of amides is 1. The fraction of sp³-hybridized carbons (Fsp3) is 0.385. The highest BCUT2D eigenvalue weighted by atomic mass is 16.4. The third-order valence-electron chi connectivity index (χ3n) is 2.97. The van der Waals surface area contributed by atoms with E-state index in [1.165, 1.54) is 0 Å². The Morgan fingerprint density at radius 1 is 1.41 bits per heavy atom. The van der Waals surface area contributed by atoms with Gasteiger partial charge in [-0.05, 0) is 44.0 Å². The summed E-state index contributed by atoms with van der Waals surface area (Å²) in [6.07, 6.45) is 0.190. The number of aryl methyl sites for hydroxylation is 1. The Hall–Kier alpha value is -1.84. The molecule has 0 saturated heterocycles. The minimum Gasteiger partial charge on any atom is -0.478 e. The highest BCUT2D eigenvalue weighted by molar-refractivity contribution is 6.06. The Labute approximate surface area is 99.9 Å². The molecule has 0 saturated carbocycles. The van der Waals surface area contributed by atoms with Crippen molar-refractivity contribution in [3.05, 3.63) is 28.8 Å². The summed E-state index contributed by atoms with van der Waals surface area (Å²) in [6, 6.07) is 3.55. The molecule has 90 valence electrons. The van der Waals surface area contributed by atoms with Gasteiger partial charge >= 0.3 is 5.97 Å². The minimum absolute atomic E-state index is 0.0249. The van der Waals surface area contributed by atoms with E-state index in [1.54, 1.807) is 11.0 Å². The number of hydrogen-bond donors (Lipinski definition) is 1. The second-order valence-electron chi connectivity index (χ2n) is 4.65. The summed E-state index contributed by atoms with van der Waals surface area (Å²) < 4.78 is 0. The van der Waals surface area contributed by atoms with Crippen molar-refractivity contribution in [3.63, 3.8) is 0 Å². The largest absolute Gasteiger partial charge is 0.478 e. The zero-order valence-electron chi connectivity index (χ0n) is 10.2. The molecular formula is C13H15NO3. The van der Waals surface area contributed by atoms with Crippen LogP contribution in [-0.4, -0.2) is 23.0 Å². The minimum atomic E-state index is -0.969. The lowest BCUT2D eigenvalue weighted by Crippen LogP contribution is -2.33. The van der Waals surface area contributed by atoms with E-state index in [9.17, 15) is 9.59 Å². The number of benzene rings is 1. The number of carbonyl (C=O) groups excluding carboxylic acids is 1. The second-order valence-corrected chi connectivity index (χ2v) is 4.65. The molecule has 0 aliphatic carbocycles. The Morgan fingerprint density at radius 3 is 2.59 bits per heavy atom. The van der Waals surface area contributed by atoms with Crippen molar-refractivity contribution < 1.29 is 14.7 Å². The molecule has 0 fully saturated rings. The van der Waals surface area contributed by atoms with Crippen LogP contribution in [0.5, 0.6) is 0 Å². The van der Waals surface area contributed by atoms with E-state index < -0.39 is 5.97 Å². The number of hydrogen-bond acceptors (Lipinski definition) is 2. The van der Waals surface area contributed by atoms with E-state index in [-0.39, 0.29) is 23.9 Å². The molecule has 0 unspecified atom stereocenters. The van der Waals surface area contributed by atoms with E-state index in [4.69, 9.17) is 5.11 Å². The first-order valence-electron chi connectivity index (χ1n) is 5.60. The van der Waals surface area contributed by atoms with Crippen LogP contribution in [0.25, 0.3) is 0 Å². The summed E-state index contributed by atoms with van der Waals surface area (Å²) in [5.74, 6) is -0.994. The van der Waals surface area contributed by atoms with Crippen molar-refractivity contribution in [2.24, 2.45) is 0 Å². The summed E-state index contributed by atoms with van der Waals surface area (Å²) in [7, 11) is 0. The van der Waals surface area contributed by atoms with Crippen molar-refractivity contribution >= 4 is 17.6 Å². The third-order valence-corrected chi connectivity index (χ3v) is 2.97. The molecule has 1 aliphatic rings. The summed E-state index contributed by atoms with van der Waals surface area (Å²) in [5, 5.41) is 9.15. The molecule has 0 spiro atoms. The summed E-state index contributed by atoms with van der Waals surface area (Å²) >= 11 is 0. The first-order valence-corrected chi connectivity index (χ1v) is 5.60. The topological polar surface area (TPSA) is 57.6 Å². The Balaban J connectivity index is 2.64. The molecule has 0 aromatic heterocycles. The van der Waals surface area contributed by atoms with Crippen LogP contribution in [0.2, 0.25) is 0 Å². The lowest BCUT2D eigenvalue weighted by Gasteiger charge is -2.22. The van der Waals surface area contributed by atoms with Gasteiger partial charge in [-0.3, -0.25) is 4.79 Å². The molecule has 4 nitrogen and oxygen atoms in total. The van der Waals surface area contributed by atoms with Gasteiger partial charge in [-0.25, -0.2) is 4.79 Å². The summed E-state index contributed by atoms with van der Waals surface area (Å²) in [6.45, 7) is 5.69. The molecule has 17 heavy (non-hydrogen) atoms. The third kappa shape index (κ3) is 1.79. The highest BCUT2D eigenvalue weighted by Gasteiger charge is 2.32. The number of carboxylic acids is 1. The predicted molar refractivity (Wildman–Crippen MR) is 64.5 cm³/mol. The van der Waals surface area contributed by atoms with Crippen LogP contribution in [0, 0.1) is 6.92 Å². The number of aromatic carboxylic acids is 1. The molecule has 1 aliphatic heterocycles. The van der Waals surface area contributed by atoms with Crippen LogP contribution in [0.15, 0.2) is 12.1 Å². The Kier molecular flexibility index (Phi) is 2.65. The molecule has 1 aromatic rings. The van der Waals surface area contributed by atoms with E-state index in [2.05, 4.69) is 0 Å². The zero-order valence-corrected chi connectivity index (χ0v) is 10.2. The Morgan fingerprint density at radius 2 is 2.06 bits per heavy atom. The molecule has 4 heteroatoms. The molecule has 0 atom stereocenters. The smallest absolute Gasteiger partial charge is 0.336 e. The first kappa shape index (κ1) is 11.6. The highest BCUT2D eigenvalue weighted by Crippen LogP contribution is 2.34. The van der Waals surface area contributed by atoms with Gasteiger partial charge in [-0.15, -0.1) is 0 Å². The molecule has 2 rings (SSSR count). The quantitative estimate of drug-likeness (QED) is 0.849. The van der Waals surface area contributed by atoms with Gasteiger partial charge in [0.05, 0.1) is 12.0 Å². The average molecular weight is 233 g/mol. The van der Waals surface area contributed by atoms with Crippen molar-refractivity contribution in [2.75, 3.05) is 4.90 Å². The maximum Gasteiger partial charge on any atom is 0.336 e. The van der Waals surface area contributed by atoms with E-state index in [0.717, 1.165) is 11.3 Å². The lowest BCUT2D eigenvalue weighted by atomic mass is 10.0. The lowest BCUT2D eigenvalue weighted by molar-refractivity contribution is -0.117. The van der Waals surface area contributed by atoms with Gasteiger partial charge in [-0.2, -0.15) is 0 Å². The monoisotopic (exact) mass is 233 g/mol. The first-order chi connectivity index (χ1) is 7.91. The second kappa shape index (κ2) is 3.87. The summed E-state index contributed by atoms with van der Waals surface area (Å²) in [5.41, 5.74) is 2.50. The number of rotatable bonds is 2. The van der Waals surface area contributed by atoms with Crippen LogP contribution in [-0.2, 0) is 11.2 Å². The van der Waals surface area contributed by atoms with Crippen LogP contribution in [0.4, 0.5) is 5.69 Å². The van der Waals surface area contributed by atoms with Crippen LogP contribution < -0.4 is 4.90 Å². The molecule has 1 amide bonds. The van der Waals surface area contributed by atoms with E-state index in [0.29, 0.717) is 5.56 Å². The van der Waals surface area contributed by atoms with Gasteiger partial charge in [0, 0.05) is 11.7 Å². The van der Waals surface area contributed by atoms with Crippen molar-refractivity contribution in [2.45, 2.75) is 33.2 Å². The maximum atomic E-state index is 11.9. The molecule has 0 bridgehead atoms. The number of carboxylic acid groups (broad SMARTS) is 1. The fourth-order valence-corrected chi connectivity index (χ4v) is 2.33. The van der Waals surface area contributed by atoms with Crippen molar-refractivity contribution in [1.29, 1.82) is 0 Å². The molecule has 0 radical (unpaired) electrons. The summed E-state index contributed by atoms with van der Waals surface area (Å²) in [4.78, 5) is 24.7. The van der Waals surface area contributed by atoms with Crippen LogP contribution in [0.3, 0.4) is 0 Å². The fourth-order valence-electron chi connectivity index (χ4n) is 2.33. The van der Waals surface area contributed by atoms with Crippen molar-refractivity contribution in [3.8, 4) is 0 Å². The predicted octanol–water partition coefficient (Wildman–Crippen LogP) is 1.99. The number of carbonyl (C=O) groups is 2. The standard InChI is InChI=1S/C13H15NO3/c1-7(2)14-11-5-8(3)4-10(13(16)17)9(11)6-12(14)15/h4-5,7H,6H2,1-3H3,(H,16,17). The molecule has 1 N–H and O–H groups in total. The number of nitrogens with zero attached hydrogens (tertiary/aromatic N) is 1. The van der Waals surface area contributed by atoms with Gasteiger partial charge in [0.1, 0.15) is 0 Å². The van der Waals surface area contributed by atoms with Gasteiger partial charge in [-0.1, -0.05) is 0 Å². The van der Waals surface area contributed by atoms with E-state index >= 15 is 0 Å². The maximum absolute atomic E-state index is 11.9. The average Bonchev–Trinajstić information content (AvgIpc) is 2.52. The molecule has 1 aromatic carbocycles. The SMILES string of the molecule is Cc1cc(C(=O)O)c2c(c1)N(C(C)C)C(=O)C2. The van der Waals surface area contributed by atoms with Gasteiger partial charge in [0.25, 0.3) is 0 Å². The van der Waals surface area contributed by atoms with Gasteiger partial charge < -0.3 is 10.0 Å². The van der Waals surface area contributed by atoms with Crippen LogP contribution in [0.1, 0.15) is 35.3 Å².